The van der Waals surface area contributed by atoms with Crippen LogP contribution >= 0.6 is 11.6 Å². The molecule has 1 amide bonds. The highest BCUT2D eigenvalue weighted by Gasteiger charge is 2.40. The molecular formula is C20H22ClN3O3. The van der Waals surface area contributed by atoms with E-state index in [9.17, 15) is 4.79 Å². The molecule has 0 unspecified atom stereocenters. The van der Waals surface area contributed by atoms with Gasteiger partial charge in [-0.2, -0.15) is 0 Å². The van der Waals surface area contributed by atoms with Crippen molar-refractivity contribution < 1.29 is 14.3 Å². The second kappa shape index (κ2) is 7.46. The Hall–Kier alpha value is -2.15. The van der Waals surface area contributed by atoms with Gasteiger partial charge >= 0.3 is 0 Å². The second-order valence-corrected chi connectivity index (χ2v) is 7.33. The van der Waals surface area contributed by atoms with E-state index in [0.29, 0.717) is 55.5 Å². The number of ether oxygens (including phenoxy) is 2. The van der Waals surface area contributed by atoms with E-state index in [1.165, 1.54) is 0 Å². The van der Waals surface area contributed by atoms with E-state index in [1.807, 2.05) is 30.0 Å². The number of nitrogens with one attached hydrogen (secondary N) is 1. The number of rotatable bonds is 3. The van der Waals surface area contributed by atoms with Crippen molar-refractivity contribution >= 4 is 29.0 Å². The minimum Gasteiger partial charge on any atom is -0.347 e. The number of aryl methyl sites for hydroxylation is 1. The average Bonchev–Trinajstić information content (AvgIpc) is 3.13. The summed E-state index contributed by atoms with van der Waals surface area (Å²) >= 11 is 6.17. The molecule has 1 spiro atoms. The minimum absolute atomic E-state index is 0.00441. The normalized spacial score (nSPS) is 18.7. The number of nitrogens with zero attached hydrogens (tertiary/aromatic N) is 2. The standard InChI is InChI=1S/C20H22ClN3O3/c1-14-2-3-16(13-17(14)21)23-18-12-15(4-7-22-18)19(25)24-8-5-20(6-9-24)26-10-11-27-20/h2-4,7,12-13H,5-6,8-11H2,1H3,(H,22,23). The molecule has 0 bridgehead atoms. The third-order valence-corrected chi connectivity index (χ3v) is 5.48. The van der Waals surface area contributed by atoms with Crippen LogP contribution in [0.5, 0.6) is 0 Å². The van der Waals surface area contributed by atoms with Crippen LogP contribution in [0, 0.1) is 6.92 Å². The predicted molar refractivity (Wildman–Crippen MR) is 103 cm³/mol. The van der Waals surface area contributed by atoms with E-state index in [4.69, 9.17) is 21.1 Å². The largest absolute Gasteiger partial charge is 0.347 e. The second-order valence-electron chi connectivity index (χ2n) is 6.92. The van der Waals surface area contributed by atoms with Gasteiger partial charge in [-0.3, -0.25) is 4.79 Å². The first-order chi connectivity index (χ1) is 13.0. The number of hydrogen-bond donors (Lipinski definition) is 1. The van der Waals surface area contributed by atoms with Crippen LogP contribution in [0.15, 0.2) is 36.5 Å². The van der Waals surface area contributed by atoms with Crippen LogP contribution in [0.2, 0.25) is 5.02 Å². The number of anilines is 2. The number of piperidine rings is 1. The summed E-state index contributed by atoms with van der Waals surface area (Å²) in [4.78, 5) is 19.0. The van der Waals surface area contributed by atoms with Crippen LogP contribution in [0.4, 0.5) is 11.5 Å². The van der Waals surface area contributed by atoms with Crippen molar-refractivity contribution in [1.29, 1.82) is 0 Å². The molecule has 1 N–H and O–H groups in total. The maximum absolute atomic E-state index is 12.9. The number of likely N-dealkylation sites (tertiary alicyclic amines) is 1. The lowest BCUT2D eigenvalue weighted by molar-refractivity contribution is -0.181. The van der Waals surface area contributed by atoms with E-state index < -0.39 is 5.79 Å². The number of benzene rings is 1. The maximum Gasteiger partial charge on any atom is 0.254 e. The quantitative estimate of drug-likeness (QED) is 0.868. The molecule has 27 heavy (non-hydrogen) atoms. The third-order valence-electron chi connectivity index (χ3n) is 5.08. The van der Waals surface area contributed by atoms with Gasteiger partial charge in [0.25, 0.3) is 5.91 Å². The summed E-state index contributed by atoms with van der Waals surface area (Å²) in [6.07, 6.45) is 3.05. The first-order valence-electron chi connectivity index (χ1n) is 9.11. The van der Waals surface area contributed by atoms with Gasteiger partial charge in [0.15, 0.2) is 5.79 Å². The van der Waals surface area contributed by atoms with Crippen LogP contribution < -0.4 is 5.32 Å². The van der Waals surface area contributed by atoms with Gasteiger partial charge in [0, 0.05) is 48.4 Å². The summed E-state index contributed by atoms with van der Waals surface area (Å²) in [6, 6.07) is 9.23. The average molecular weight is 388 g/mol. The van der Waals surface area contributed by atoms with E-state index >= 15 is 0 Å². The molecule has 1 aromatic carbocycles. The van der Waals surface area contributed by atoms with Crippen molar-refractivity contribution in [3.63, 3.8) is 0 Å². The van der Waals surface area contributed by atoms with E-state index in [-0.39, 0.29) is 5.91 Å². The van der Waals surface area contributed by atoms with Gasteiger partial charge in [-0.1, -0.05) is 17.7 Å². The molecule has 4 rings (SSSR count). The molecule has 0 saturated carbocycles. The molecular weight excluding hydrogens is 366 g/mol. The monoisotopic (exact) mass is 387 g/mol. The summed E-state index contributed by atoms with van der Waals surface area (Å²) in [7, 11) is 0. The Balaban J connectivity index is 1.44. The summed E-state index contributed by atoms with van der Waals surface area (Å²) in [6.45, 7) is 4.47. The van der Waals surface area contributed by atoms with Crippen LogP contribution in [0.25, 0.3) is 0 Å². The SMILES string of the molecule is Cc1ccc(Nc2cc(C(=O)N3CCC4(CC3)OCCO4)ccn2)cc1Cl. The number of hydrogen-bond acceptors (Lipinski definition) is 5. The lowest BCUT2D eigenvalue weighted by atomic mass is 10.0. The Morgan fingerprint density at radius 1 is 1.19 bits per heavy atom. The number of carbonyl (C=O) groups excluding carboxylic acids is 1. The van der Waals surface area contributed by atoms with Crippen molar-refractivity contribution in [2.24, 2.45) is 0 Å². The summed E-state index contributed by atoms with van der Waals surface area (Å²) in [5.74, 6) is 0.124. The summed E-state index contributed by atoms with van der Waals surface area (Å²) < 4.78 is 11.5. The maximum atomic E-state index is 12.9. The van der Waals surface area contributed by atoms with Gasteiger partial charge in [-0.15, -0.1) is 0 Å². The van der Waals surface area contributed by atoms with Gasteiger partial charge in [0.2, 0.25) is 0 Å². The Morgan fingerprint density at radius 3 is 2.63 bits per heavy atom. The summed E-state index contributed by atoms with van der Waals surface area (Å²) in [5, 5.41) is 3.89. The number of amides is 1. The number of pyridine rings is 1. The predicted octanol–water partition coefficient (Wildman–Crippen LogP) is 3.77. The molecule has 0 atom stereocenters. The van der Waals surface area contributed by atoms with Gasteiger partial charge in [-0.05, 0) is 36.8 Å². The highest BCUT2D eigenvalue weighted by molar-refractivity contribution is 6.31. The van der Waals surface area contributed by atoms with Crippen molar-refractivity contribution in [3.05, 3.63) is 52.7 Å². The lowest BCUT2D eigenvalue weighted by Gasteiger charge is -2.37. The highest BCUT2D eigenvalue weighted by Crippen LogP contribution is 2.32. The molecule has 2 aliphatic rings. The molecule has 6 nitrogen and oxygen atoms in total. The molecule has 2 aliphatic heterocycles. The van der Waals surface area contributed by atoms with Gasteiger partial charge in [0.1, 0.15) is 5.82 Å². The minimum atomic E-state index is -0.480. The third kappa shape index (κ3) is 3.93. The zero-order valence-corrected chi connectivity index (χ0v) is 16.0. The molecule has 2 fully saturated rings. The van der Waals surface area contributed by atoms with Crippen molar-refractivity contribution in [2.75, 3.05) is 31.6 Å². The molecule has 2 aromatic rings. The van der Waals surface area contributed by atoms with Gasteiger partial charge < -0.3 is 19.7 Å². The Kier molecular flexibility index (Phi) is 5.04. The topological polar surface area (TPSA) is 63.7 Å². The number of aromatic nitrogens is 1. The van der Waals surface area contributed by atoms with Crippen molar-refractivity contribution in [2.45, 2.75) is 25.6 Å². The van der Waals surface area contributed by atoms with Crippen molar-refractivity contribution in [1.82, 2.24) is 9.88 Å². The zero-order chi connectivity index (χ0) is 18.9. The first kappa shape index (κ1) is 18.2. The first-order valence-corrected chi connectivity index (χ1v) is 9.49. The smallest absolute Gasteiger partial charge is 0.254 e. The van der Waals surface area contributed by atoms with Crippen molar-refractivity contribution in [3.8, 4) is 0 Å². The Labute approximate surface area is 163 Å². The number of halogens is 1. The molecule has 0 radical (unpaired) electrons. The molecule has 2 saturated heterocycles. The fourth-order valence-corrected chi connectivity index (χ4v) is 3.65. The van der Waals surface area contributed by atoms with E-state index in [2.05, 4.69) is 10.3 Å². The lowest BCUT2D eigenvalue weighted by Crippen LogP contribution is -2.47. The molecule has 1 aromatic heterocycles. The van der Waals surface area contributed by atoms with E-state index in [0.717, 1.165) is 11.3 Å². The van der Waals surface area contributed by atoms with Crippen LogP contribution in [0.1, 0.15) is 28.8 Å². The van der Waals surface area contributed by atoms with E-state index in [1.54, 1.807) is 18.3 Å². The molecule has 3 heterocycles. The van der Waals surface area contributed by atoms with Crippen LogP contribution in [-0.2, 0) is 9.47 Å². The van der Waals surface area contributed by atoms with Crippen LogP contribution in [0.3, 0.4) is 0 Å². The Morgan fingerprint density at radius 2 is 1.93 bits per heavy atom. The highest BCUT2D eigenvalue weighted by atomic mass is 35.5. The fraction of sp³-hybridized carbons (Fsp3) is 0.400. The van der Waals surface area contributed by atoms with Gasteiger partial charge in [0.05, 0.1) is 13.2 Å². The molecule has 7 heteroatoms. The van der Waals surface area contributed by atoms with Gasteiger partial charge in [-0.25, -0.2) is 4.98 Å². The molecule has 142 valence electrons. The summed E-state index contributed by atoms with van der Waals surface area (Å²) in [5.41, 5.74) is 2.45. The zero-order valence-electron chi connectivity index (χ0n) is 15.2. The Bertz CT molecular complexity index is 842. The number of carbonyl (C=O) groups is 1. The molecule has 0 aliphatic carbocycles. The fourth-order valence-electron chi connectivity index (χ4n) is 3.47. The van der Waals surface area contributed by atoms with Crippen LogP contribution in [-0.4, -0.2) is 47.9 Å².